The van der Waals surface area contributed by atoms with Crippen LogP contribution in [0.15, 0.2) is 42.6 Å². The van der Waals surface area contributed by atoms with Crippen molar-refractivity contribution in [1.82, 2.24) is 10.3 Å². The molecule has 1 heterocycles. The maximum atomic E-state index is 5.77. The minimum Gasteiger partial charge on any atom is -0.438 e. The molecule has 0 saturated carbocycles. The normalized spacial score (nSPS) is 11.4. The Balaban J connectivity index is 2.00. The van der Waals surface area contributed by atoms with E-state index in [1.165, 1.54) is 0 Å². The third kappa shape index (κ3) is 4.76. The van der Waals surface area contributed by atoms with Crippen LogP contribution >= 0.6 is 22.6 Å². The lowest BCUT2D eigenvalue weighted by atomic mass is 10.1. The van der Waals surface area contributed by atoms with E-state index in [0.29, 0.717) is 5.88 Å². The average Bonchev–Trinajstić information content (AvgIpc) is 2.40. The van der Waals surface area contributed by atoms with Crippen LogP contribution < -0.4 is 10.1 Å². The number of ether oxygens (including phenoxy) is 1. The van der Waals surface area contributed by atoms with Gasteiger partial charge in [0.25, 0.3) is 0 Å². The molecular weight excluding hydrogens is 363 g/mol. The van der Waals surface area contributed by atoms with Crippen molar-refractivity contribution in [3.8, 4) is 11.6 Å². The SMILES string of the molecule is CC(C)(C)NCc1ccc(Oc2ccccc2I)nc1. The molecule has 0 saturated heterocycles. The Morgan fingerprint density at radius 1 is 1.15 bits per heavy atom. The van der Waals surface area contributed by atoms with Crippen LogP contribution in [0.3, 0.4) is 0 Å². The summed E-state index contributed by atoms with van der Waals surface area (Å²) in [6, 6.07) is 11.8. The van der Waals surface area contributed by atoms with Gasteiger partial charge in [0.05, 0.1) is 3.57 Å². The van der Waals surface area contributed by atoms with Gasteiger partial charge in [-0.05, 0) is 61.1 Å². The first-order valence-electron chi connectivity index (χ1n) is 6.56. The number of hydrogen-bond donors (Lipinski definition) is 1. The fraction of sp³-hybridized carbons (Fsp3) is 0.312. The van der Waals surface area contributed by atoms with Gasteiger partial charge in [-0.25, -0.2) is 4.98 Å². The highest BCUT2D eigenvalue weighted by molar-refractivity contribution is 14.1. The number of nitrogens with one attached hydrogen (secondary N) is 1. The molecule has 2 rings (SSSR count). The second kappa shape index (κ2) is 6.54. The molecule has 0 bridgehead atoms. The summed E-state index contributed by atoms with van der Waals surface area (Å²) in [5, 5.41) is 3.43. The van der Waals surface area contributed by atoms with Crippen molar-refractivity contribution >= 4 is 22.6 Å². The highest BCUT2D eigenvalue weighted by Crippen LogP contribution is 2.24. The van der Waals surface area contributed by atoms with E-state index in [1.54, 1.807) is 0 Å². The van der Waals surface area contributed by atoms with E-state index < -0.39 is 0 Å². The van der Waals surface area contributed by atoms with Crippen molar-refractivity contribution in [3.05, 3.63) is 51.7 Å². The highest BCUT2D eigenvalue weighted by Gasteiger charge is 2.08. The van der Waals surface area contributed by atoms with E-state index in [0.717, 1.165) is 21.4 Å². The van der Waals surface area contributed by atoms with Crippen molar-refractivity contribution < 1.29 is 4.74 Å². The number of nitrogens with zero attached hydrogens (tertiary/aromatic N) is 1. The largest absolute Gasteiger partial charge is 0.438 e. The predicted molar refractivity (Wildman–Crippen MR) is 90.1 cm³/mol. The Morgan fingerprint density at radius 3 is 2.50 bits per heavy atom. The molecule has 1 N–H and O–H groups in total. The lowest BCUT2D eigenvalue weighted by Crippen LogP contribution is -2.35. The Bertz CT molecular complexity index is 561. The van der Waals surface area contributed by atoms with Crippen LogP contribution in [-0.2, 0) is 6.54 Å². The zero-order chi connectivity index (χ0) is 14.6. The van der Waals surface area contributed by atoms with Crippen LogP contribution in [0.5, 0.6) is 11.6 Å². The average molecular weight is 382 g/mol. The number of hydrogen-bond acceptors (Lipinski definition) is 3. The zero-order valence-electron chi connectivity index (χ0n) is 12.0. The number of rotatable bonds is 4. The standard InChI is InChI=1S/C16H19IN2O/c1-16(2,3)19-11-12-8-9-15(18-10-12)20-14-7-5-4-6-13(14)17/h4-10,19H,11H2,1-3H3. The van der Waals surface area contributed by atoms with Crippen molar-refractivity contribution in [3.63, 3.8) is 0 Å². The first-order chi connectivity index (χ1) is 9.44. The van der Waals surface area contributed by atoms with Crippen molar-refractivity contribution in [2.24, 2.45) is 0 Å². The quantitative estimate of drug-likeness (QED) is 0.798. The number of para-hydroxylation sites is 1. The van der Waals surface area contributed by atoms with Crippen LogP contribution in [0.4, 0.5) is 0 Å². The first kappa shape index (κ1) is 15.3. The zero-order valence-corrected chi connectivity index (χ0v) is 14.1. The van der Waals surface area contributed by atoms with Gasteiger partial charge < -0.3 is 10.1 Å². The van der Waals surface area contributed by atoms with E-state index >= 15 is 0 Å². The molecule has 0 fully saturated rings. The molecule has 0 aliphatic heterocycles. The monoisotopic (exact) mass is 382 g/mol. The molecule has 106 valence electrons. The van der Waals surface area contributed by atoms with E-state index in [1.807, 2.05) is 42.6 Å². The predicted octanol–water partition coefficient (Wildman–Crippen LogP) is 4.37. The van der Waals surface area contributed by atoms with Crippen LogP contribution in [-0.4, -0.2) is 10.5 Å². The van der Waals surface area contributed by atoms with Gasteiger partial charge in [0.2, 0.25) is 5.88 Å². The van der Waals surface area contributed by atoms with E-state index in [9.17, 15) is 0 Å². The second-order valence-corrected chi connectivity index (χ2v) is 6.80. The first-order valence-corrected chi connectivity index (χ1v) is 7.64. The molecule has 0 aliphatic carbocycles. The highest BCUT2D eigenvalue weighted by atomic mass is 127. The van der Waals surface area contributed by atoms with Gasteiger partial charge in [-0.15, -0.1) is 0 Å². The van der Waals surface area contributed by atoms with Gasteiger partial charge in [0, 0.05) is 24.3 Å². The lowest BCUT2D eigenvalue weighted by Gasteiger charge is -2.20. The Hall–Kier alpha value is -1.14. The second-order valence-electron chi connectivity index (χ2n) is 5.64. The molecule has 0 amide bonds. The summed E-state index contributed by atoms with van der Waals surface area (Å²) < 4.78 is 6.84. The maximum absolute atomic E-state index is 5.77. The van der Waals surface area contributed by atoms with E-state index in [-0.39, 0.29) is 5.54 Å². The molecule has 1 aromatic heterocycles. The summed E-state index contributed by atoms with van der Waals surface area (Å²) in [5.41, 5.74) is 1.25. The lowest BCUT2D eigenvalue weighted by molar-refractivity contribution is 0.423. The molecule has 3 nitrogen and oxygen atoms in total. The van der Waals surface area contributed by atoms with Gasteiger partial charge in [-0.2, -0.15) is 0 Å². The molecule has 1 aromatic carbocycles. The van der Waals surface area contributed by atoms with Crippen molar-refractivity contribution in [2.45, 2.75) is 32.9 Å². The maximum Gasteiger partial charge on any atom is 0.219 e. The number of pyridine rings is 1. The van der Waals surface area contributed by atoms with Gasteiger partial charge in [-0.3, -0.25) is 0 Å². The van der Waals surface area contributed by atoms with Gasteiger partial charge in [0.15, 0.2) is 0 Å². The molecule has 0 atom stereocenters. The molecule has 2 aromatic rings. The van der Waals surface area contributed by atoms with E-state index in [4.69, 9.17) is 4.74 Å². The fourth-order valence-electron chi connectivity index (χ4n) is 1.58. The van der Waals surface area contributed by atoms with Crippen LogP contribution in [0.25, 0.3) is 0 Å². The molecule has 0 radical (unpaired) electrons. The summed E-state index contributed by atoms with van der Waals surface area (Å²) in [4.78, 5) is 4.35. The molecule has 20 heavy (non-hydrogen) atoms. The summed E-state index contributed by atoms with van der Waals surface area (Å²) in [6.45, 7) is 7.25. The topological polar surface area (TPSA) is 34.1 Å². The van der Waals surface area contributed by atoms with Crippen LogP contribution in [0.1, 0.15) is 26.3 Å². The van der Waals surface area contributed by atoms with Crippen LogP contribution in [0.2, 0.25) is 0 Å². The van der Waals surface area contributed by atoms with Gasteiger partial charge >= 0.3 is 0 Å². The van der Waals surface area contributed by atoms with Crippen molar-refractivity contribution in [1.29, 1.82) is 0 Å². The number of halogens is 1. The Kier molecular flexibility index (Phi) is 4.99. The minimum atomic E-state index is 0.106. The summed E-state index contributed by atoms with van der Waals surface area (Å²) in [6.07, 6.45) is 1.85. The Labute approximate surface area is 133 Å². The van der Waals surface area contributed by atoms with Crippen molar-refractivity contribution in [2.75, 3.05) is 0 Å². The van der Waals surface area contributed by atoms with E-state index in [2.05, 4.69) is 53.7 Å². The number of benzene rings is 1. The van der Waals surface area contributed by atoms with Crippen LogP contribution in [0, 0.1) is 3.57 Å². The van der Waals surface area contributed by atoms with Gasteiger partial charge in [-0.1, -0.05) is 18.2 Å². The third-order valence-corrected chi connectivity index (χ3v) is 3.56. The smallest absolute Gasteiger partial charge is 0.219 e. The molecule has 4 heteroatoms. The molecular formula is C16H19IN2O. The Morgan fingerprint density at radius 2 is 1.90 bits per heavy atom. The molecule has 0 aliphatic rings. The summed E-state index contributed by atoms with van der Waals surface area (Å²) >= 11 is 2.25. The number of aromatic nitrogens is 1. The molecule has 0 spiro atoms. The fourth-order valence-corrected chi connectivity index (χ4v) is 2.08. The summed E-state index contributed by atoms with van der Waals surface area (Å²) in [5.74, 6) is 1.45. The summed E-state index contributed by atoms with van der Waals surface area (Å²) in [7, 11) is 0. The third-order valence-electron chi connectivity index (χ3n) is 2.67. The van der Waals surface area contributed by atoms with Gasteiger partial charge in [0.1, 0.15) is 5.75 Å². The molecule has 0 unspecified atom stereocenters. The minimum absolute atomic E-state index is 0.106.